The van der Waals surface area contributed by atoms with E-state index in [4.69, 9.17) is 17.3 Å². The molecule has 1 aromatic carbocycles. The van der Waals surface area contributed by atoms with Crippen molar-refractivity contribution in [2.24, 2.45) is 0 Å². The molecule has 1 aromatic heterocycles. The van der Waals surface area contributed by atoms with Crippen LogP contribution in [0.15, 0.2) is 24.3 Å². The first-order valence-corrected chi connectivity index (χ1v) is 9.13. The Balaban J connectivity index is 1.68. The minimum absolute atomic E-state index is 0.251. The number of nitrogens with two attached hydrogens (primary N) is 1. The van der Waals surface area contributed by atoms with Gasteiger partial charge in [0.25, 0.3) is 0 Å². The van der Waals surface area contributed by atoms with E-state index in [-0.39, 0.29) is 5.95 Å². The second kappa shape index (κ2) is 7.97. The van der Waals surface area contributed by atoms with Gasteiger partial charge in [0.1, 0.15) is 5.82 Å². The van der Waals surface area contributed by atoms with Crippen molar-refractivity contribution >= 4 is 23.5 Å². The van der Waals surface area contributed by atoms with Crippen LogP contribution in [0.3, 0.4) is 0 Å². The zero-order valence-electron chi connectivity index (χ0n) is 14.7. The molecule has 1 saturated heterocycles. The summed E-state index contributed by atoms with van der Waals surface area (Å²) in [5.74, 6) is 1.47. The van der Waals surface area contributed by atoms with Crippen LogP contribution in [0.5, 0.6) is 0 Å². The van der Waals surface area contributed by atoms with Gasteiger partial charge in [0, 0.05) is 23.7 Å². The molecule has 0 bridgehead atoms. The highest BCUT2D eigenvalue weighted by atomic mass is 35.5. The number of aromatic nitrogens is 3. The third-order valence-corrected chi connectivity index (χ3v) is 5.01. The highest BCUT2D eigenvalue weighted by Crippen LogP contribution is 2.24. The number of nitrogens with one attached hydrogen (secondary N) is 1. The quantitative estimate of drug-likeness (QED) is 0.849. The number of piperidine rings is 1. The van der Waals surface area contributed by atoms with Crippen molar-refractivity contribution in [2.75, 3.05) is 11.1 Å². The van der Waals surface area contributed by atoms with Crippen molar-refractivity contribution in [3.8, 4) is 0 Å². The van der Waals surface area contributed by atoms with E-state index in [9.17, 15) is 0 Å². The topological polar surface area (TPSA) is 80.0 Å². The van der Waals surface area contributed by atoms with Crippen molar-refractivity contribution < 1.29 is 0 Å². The van der Waals surface area contributed by atoms with Crippen LogP contribution in [0.2, 0.25) is 5.02 Å². The van der Waals surface area contributed by atoms with Crippen LogP contribution in [0.25, 0.3) is 0 Å². The lowest BCUT2D eigenvalue weighted by molar-refractivity contribution is 0.0922. The second-order valence-electron chi connectivity index (χ2n) is 6.71. The molecule has 7 heteroatoms. The number of nitrogen functional groups attached to an aromatic ring is 1. The Hall–Kier alpha value is -1.92. The summed E-state index contributed by atoms with van der Waals surface area (Å²) in [5, 5.41) is 3.94. The van der Waals surface area contributed by atoms with Crippen molar-refractivity contribution in [1.82, 2.24) is 19.9 Å². The van der Waals surface area contributed by atoms with Crippen molar-refractivity contribution in [2.45, 2.75) is 58.3 Å². The maximum Gasteiger partial charge on any atom is 0.228 e. The molecule has 0 aliphatic carbocycles. The Morgan fingerprint density at radius 2 is 1.80 bits per heavy atom. The summed E-state index contributed by atoms with van der Waals surface area (Å²) in [6.45, 7) is 5.83. The summed E-state index contributed by atoms with van der Waals surface area (Å²) >= 11 is 5.91. The molecule has 1 aliphatic heterocycles. The molecular formula is C18H25ClN6. The smallest absolute Gasteiger partial charge is 0.228 e. The Morgan fingerprint density at radius 3 is 2.48 bits per heavy atom. The first-order chi connectivity index (χ1) is 12.0. The van der Waals surface area contributed by atoms with E-state index in [2.05, 4.69) is 39.0 Å². The van der Waals surface area contributed by atoms with Gasteiger partial charge in [-0.2, -0.15) is 15.0 Å². The lowest BCUT2D eigenvalue weighted by atomic mass is 9.97. The standard InChI is InChI=1S/C18H25ClN6/c1-12-4-3-5-13(2)25(12)11-16-22-17(20)24-18(23-16)21-10-14-6-8-15(19)9-7-14/h6-9,12-13H,3-5,10-11H2,1-2H3,(H3,20,21,22,23,24). The lowest BCUT2D eigenvalue weighted by Crippen LogP contribution is -2.43. The van der Waals surface area contributed by atoms with E-state index in [0.717, 1.165) is 10.6 Å². The lowest BCUT2D eigenvalue weighted by Gasteiger charge is -2.38. The molecule has 6 nitrogen and oxygen atoms in total. The van der Waals surface area contributed by atoms with E-state index < -0.39 is 0 Å². The Kier molecular flexibility index (Phi) is 5.71. The molecule has 1 fully saturated rings. The maximum atomic E-state index is 5.91. The maximum absolute atomic E-state index is 5.91. The van der Waals surface area contributed by atoms with Crippen molar-refractivity contribution in [1.29, 1.82) is 0 Å². The first kappa shape index (κ1) is 17.9. The molecule has 2 atom stereocenters. The van der Waals surface area contributed by atoms with Crippen LogP contribution in [-0.2, 0) is 13.1 Å². The summed E-state index contributed by atoms with van der Waals surface area (Å²) in [6.07, 6.45) is 3.71. The third kappa shape index (κ3) is 4.80. The van der Waals surface area contributed by atoms with Crippen LogP contribution in [-0.4, -0.2) is 31.9 Å². The number of hydrogen-bond acceptors (Lipinski definition) is 6. The summed E-state index contributed by atoms with van der Waals surface area (Å²) in [4.78, 5) is 15.5. The zero-order valence-corrected chi connectivity index (χ0v) is 15.5. The molecule has 2 aromatic rings. The first-order valence-electron chi connectivity index (χ1n) is 8.76. The van der Waals surface area contributed by atoms with E-state index in [0.29, 0.717) is 36.9 Å². The monoisotopic (exact) mass is 360 g/mol. The molecule has 0 amide bonds. The average Bonchev–Trinajstić information content (AvgIpc) is 2.57. The molecule has 0 spiro atoms. The Labute approximate surface area is 153 Å². The zero-order chi connectivity index (χ0) is 17.8. The summed E-state index contributed by atoms with van der Waals surface area (Å²) < 4.78 is 0. The minimum atomic E-state index is 0.251. The van der Waals surface area contributed by atoms with Gasteiger partial charge in [-0.3, -0.25) is 4.90 Å². The van der Waals surface area contributed by atoms with Gasteiger partial charge < -0.3 is 11.1 Å². The predicted octanol–water partition coefficient (Wildman–Crippen LogP) is 3.48. The number of nitrogens with zero attached hydrogens (tertiary/aromatic N) is 4. The molecule has 2 heterocycles. The van der Waals surface area contributed by atoms with Gasteiger partial charge in [-0.1, -0.05) is 30.2 Å². The summed E-state index contributed by atoms with van der Waals surface area (Å²) in [6, 6.07) is 8.74. The fraction of sp³-hybridized carbons (Fsp3) is 0.500. The molecule has 25 heavy (non-hydrogen) atoms. The Morgan fingerprint density at radius 1 is 1.12 bits per heavy atom. The van der Waals surface area contributed by atoms with E-state index in [1.165, 1.54) is 19.3 Å². The van der Waals surface area contributed by atoms with E-state index in [1.807, 2.05) is 24.3 Å². The highest BCUT2D eigenvalue weighted by Gasteiger charge is 2.25. The SMILES string of the molecule is CC1CCCC(C)N1Cc1nc(N)nc(NCc2ccc(Cl)cc2)n1. The van der Waals surface area contributed by atoms with Gasteiger partial charge in [0.15, 0.2) is 0 Å². The summed E-state index contributed by atoms with van der Waals surface area (Å²) in [5.41, 5.74) is 6.98. The number of hydrogen-bond donors (Lipinski definition) is 2. The van der Waals surface area contributed by atoms with Crippen LogP contribution >= 0.6 is 11.6 Å². The Bertz CT molecular complexity index is 695. The van der Waals surface area contributed by atoms with Crippen molar-refractivity contribution in [3.05, 3.63) is 40.7 Å². The van der Waals surface area contributed by atoms with Crippen LogP contribution in [0.1, 0.15) is 44.5 Å². The number of benzene rings is 1. The number of rotatable bonds is 5. The normalized spacial score (nSPS) is 21.2. The van der Waals surface area contributed by atoms with Gasteiger partial charge in [0.05, 0.1) is 6.54 Å². The molecule has 3 N–H and O–H groups in total. The van der Waals surface area contributed by atoms with Gasteiger partial charge in [-0.25, -0.2) is 0 Å². The molecule has 0 radical (unpaired) electrons. The van der Waals surface area contributed by atoms with Crippen LogP contribution < -0.4 is 11.1 Å². The molecule has 3 rings (SSSR count). The third-order valence-electron chi connectivity index (χ3n) is 4.76. The number of anilines is 2. The minimum Gasteiger partial charge on any atom is -0.368 e. The fourth-order valence-electron chi connectivity index (χ4n) is 3.32. The molecule has 134 valence electrons. The molecule has 0 saturated carbocycles. The molecule has 1 aliphatic rings. The van der Waals surface area contributed by atoms with Gasteiger partial charge >= 0.3 is 0 Å². The largest absolute Gasteiger partial charge is 0.368 e. The number of likely N-dealkylation sites (tertiary alicyclic amines) is 1. The van der Waals surface area contributed by atoms with E-state index in [1.54, 1.807) is 0 Å². The van der Waals surface area contributed by atoms with Gasteiger partial charge in [-0.15, -0.1) is 0 Å². The summed E-state index contributed by atoms with van der Waals surface area (Å²) in [7, 11) is 0. The molecular weight excluding hydrogens is 336 g/mol. The van der Waals surface area contributed by atoms with E-state index >= 15 is 0 Å². The highest BCUT2D eigenvalue weighted by molar-refractivity contribution is 6.30. The van der Waals surface area contributed by atoms with Crippen LogP contribution in [0, 0.1) is 0 Å². The van der Waals surface area contributed by atoms with Gasteiger partial charge in [0.2, 0.25) is 11.9 Å². The van der Waals surface area contributed by atoms with Gasteiger partial charge in [-0.05, 0) is 44.4 Å². The molecule has 2 unspecified atom stereocenters. The predicted molar refractivity (Wildman–Crippen MR) is 101 cm³/mol. The fourth-order valence-corrected chi connectivity index (χ4v) is 3.45. The van der Waals surface area contributed by atoms with Crippen molar-refractivity contribution in [3.63, 3.8) is 0 Å². The van der Waals surface area contributed by atoms with Crippen LogP contribution in [0.4, 0.5) is 11.9 Å². The number of halogens is 1. The average molecular weight is 361 g/mol. The second-order valence-corrected chi connectivity index (χ2v) is 7.15.